The minimum atomic E-state index is -2.52. The summed E-state index contributed by atoms with van der Waals surface area (Å²) in [4.78, 5) is 6.18. The number of rotatable bonds is 2. The summed E-state index contributed by atoms with van der Waals surface area (Å²) < 4.78 is 26.0. The topological polar surface area (TPSA) is 42.1 Å². The number of hydrogen-bond acceptors (Lipinski definition) is 3. The van der Waals surface area contributed by atoms with E-state index in [-0.39, 0.29) is 12.8 Å². The van der Waals surface area contributed by atoms with Crippen LogP contribution in [0.1, 0.15) is 24.2 Å². The van der Waals surface area contributed by atoms with E-state index in [0.717, 1.165) is 5.69 Å². The molecule has 96 valence electrons. The molecule has 0 radical (unpaired) electrons. The second-order valence-electron chi connectivity index (χ2n) is 4.55. The lowest BCUT2D eigenvalue weighted by Crippen LogP contribution is -2.39. The van der Waals surface area contributed by atoms with E-state index in [1.807, 2.05) is 4.90 Å². The van der Waals surface area contributed by atoms with Gasteiger partial charge in [-0.3, -0.25) is 4.90 Å². The number of pyridine rings is 1. The molecule has 3 nitrogen and oxygen atoms in total. The number of hydrogen-bond donors (Lipinski definition) is 1. The van der Waals surface area contributed by atoms with Crippen LogP contribution in [0.2, 0.25) is 0 Å². The van der Waals surface area contributed by atoms with Crippen LogP contribution in [0.4, 0.5) is 14.5 Å². The molecule has 1 aliphatic rings. The van der Waals surface area contributed by atoms with Crippen molar-refractivity contribution in [2.45, 2.75) is 25.3 Å². The van der Waals surface area contributed by atoms with Crippen molar-refractivity contribution in [3.05, 3.63) is 23.5 Å². The Kier molecular flexibility index (Phi) is 3.48. The lowest BCUT2D eigenvalue weighted by atomic mass is 10.1. The Morgan fingerprint density at radius 2 is 2.06 bits per heavy atom. The van der Waals surface area contributed by atoms with Gasteiger partial charge in [-0.05, 0) is 12.1 Å². The van der Waals surface area contributed by atoms with Crippen LogP contribution in [0.5, 0.6) is 0 Å². The maximum Gasteiger partial charge on any atom is 0.250 e. The lowest BCUT2D eigenvalue weighted by Gasteiger charge is -2.31. The van der Waals surface area contributed by atoms with Crippen molar-refractivity contribution in [3.8, 4) is 12.3 Å². The molecule has 1 fully saturated rings. The maximum atomic E-state index is 13.0. The molecule has 2 rings (SSSR count). The van der Waals surface area contributed by atoms with Gasteiger partial charge in [-0.15, -0.1) is 6.42 Å². The molecule has 0 spiro atoms. The van der Waals surface area contributed by atoms with Gasteiger partial charge in [-0.1, -0.05) is 5.92 Å². The SMILES string of the molecule is C#Cc1cc(N)cc(CN2CCC(F)(F)CC2)n1. The number of alkyl halides is 2. The van der Waals surface area contributed by atoms with Crippen molar-refractivity contribution in [1.82, 2.24) is 9.88 Å². The van der Waals surface area contributed by atoms with E-state index < -0.39 is 5.92 Å². The van der Waals surface area contributed by atoms with Gasteiger partial charge in [0.1, 0.15) is 5.69 Å². The van der Waals surface area contributed by atoms with Gasteiger partial charge < -0.3 is 5.73 Å². The van der Waals surface area contributed by atoms with Crippen LogP contribution in [0.3, 0.4) is 0 Å². The standard InChI is InChI=1S/C13H15F2N3/c1-2-11-7-10(16)8-12(17-11)9-18-5-3-13(14,15)4-6-18/h1,7-8H,3-6,9H2,(H2,16,17). The van der Waals surface area contributed by atoms with Crippen molar-refractivity contribution in [1.29, 1.82) is 0 Å². The van der Waals surface area contributed by atoms with E-state index in [0.29, 0.717) is 31.0 Å². The smallest absolute Gasteiger partial charge is 0.250 e. The Balaban J connectivity index is 2.02. The van der Waals surface area contributed by atoms with Gasteiger partial charge in [-0.25, -0.2) is 13.8 Å². The highest BCUT2D eigenvalue weighted by Gasteiger charge is 2.33. The molecular weight excluding hydrogens is 236 g/mol. The number of likely N-dealkylation sites (tertiary alicyclic amines) is 1. The zero-order valence-electron chi connectivity index (χ0n) is 10.00. The number of nitrogens with two attached hydrogens (primary N) is 1. The largest absolute Gasteiger partial charge is 0.399 e. The van der Waals surface area contributed by atoms with Crippen molar-refractivity contribution < 1.29 is 8.78 Å². The monoisotopic (exact) mass is 251 g/mol. The molecule has 0 amide bonds. The van der Waals surface area contributed by atoms with Crippen molar-refractivity contribution >= 4 is 5.69 Å². The first kappa shape index (κ1) is 12.8. The summed E-state index contributed by atoms with van der Waals surface area (Å²) in [5.74, 6) is -0.0953. The van der Waals surface area contributed by atoms with E-state index in [1.54, 1.807) is 12.1 Å². The molecule has 5 heteroatoms. The van der Waals surface area contributed by atoms with Crippen LogP contribution in [-0.2, 0) is 6.54 Å². The molecule has 0 aliphatic carbocycles. The number of terminal acetylenes is 1. The summed E-state index contributed by atoms with van der Waals surface area (Å²) in [6.07, 6.45) is 5.08. The maximum absolute atomic E-state index is 13.0. The summed E-state index contributed by atoms with van der Waals surface area (Å²) in [5, 5.41) is 0. The summed E-state index contributed by atoms with van der Waals surface area (Å²) >= 11 is 0. The molecule has 2 N–H and O–H groups in total. The summed E-state index contributed by atoms with van der Waals surface area (Å²) in [5.41, 5.74) is 7.47. The van der Waals surface area contributed by atoms with Gasteiger partial charge in [0.15, 0.2) is 0 Å². The first-order valence-electron chi connectivity index (χ1n) is 5.82. The first-order chi connectivity index (χ1) is 8.48. The lowest BCUT2D eigenvalue weighted by molar-refractivity contribution is -0.0568. The highest BCUT2D eigenvalue weighted by Crippen LogP contribution is 2.28. The zero-order valence-corrected chi connectivity index (χ0v) is 10.00. The minimum absolute atomic E-state index is 0.0999. The van der Waals surface area contributed by atoms with Gasteiger partial charge in [-0.2, -0.15) is 0 Å². The van der Waals surface area contributed by atoms with Crippen molar-refractivity contribution in [2.24, 2.45) is 0 Å². The fraction of sp³-hybridized carbons (Fsp3) is 0.462. The average Bonchev–Trinajstić information content (AvgIpc) is 2.31. The number of piperidine rings is 1. The highest BCUT2D eigenvalue weighted by atomic mass is 19.3. The number of anilines is 1. The molecule has 18 heavy (non-hydrogen) atoms. The average molecular weight is 251 g/mol. The molecule has 1 aliphatic heterocycles. The number of aromatic nitrogens is 1. The van der Waals surface area contributed by atoms with E-state index >= 15 is 0 Å². The predicted octanol–water partition coefficient (Wildman–Crippen LogP) is 1.88. The fourth-order valence-corrected chi connectivity index (χ4v) is 2.03. The van der Waals surface area contributed by atoms with Crippen LogP contribution in [0, 0.1) is 12.3 Å². The molecule has 0 unspecified atom stereocenters. The molecule has 0 atom stereocenters. The summed E-state index contributed by atoms with van der Waals surface area (Å²) in [7, 11) is 0. The summed E-state index contributed by atoms with van der Waals surface area (Å²) in [6.45, 7) is 1.25. The van der Waals surface area contributed by atoms with Crippen LogP contribution in [0.25, 0.3) is 0 Å². The van der Waals surface area contributed by atoms with Gasteiger partial charge in [0.25, 0.3) is 5.92 Å². The van der Waals surface area contributed by atoms with Crippen LogP contribution < -0.4 is 5.73 Å². The predicted molar refractivity (Wildman–Crippen MR) is 66.0 cm³/mol. The zero-order chi connectivity index (χ0) is 13.2. The molecular formula is C13H15F2N3. The number of nitrogens with zero attached hydrogens (tertiary/aromatic N) is 2. The highest BCUT2D eigenvalue weighted by molar-refractivity contribution is 5.44. The molecule has 2 heterocycles. The number of halogens is 2. The van der Waals surface area contributed by atoms with Gasteiger partial charge >= 0.3 is 0 Å². The Hall–Kier alpha value is -1.67. The third-order valence-electron chi connectivity index (χ3n) is 3.02. The summed E-state index contributed by atoms with van der Waals surface area (Å²) in [6, 6.07) is 3.35. The minimum Gasteiger partial charge on any atom is -0.399 e. The first-order valence-corrected chi connectivity index (χ1v) is 5.82. The van der Waals surface area contributed by atoms with Gasteiger partial charge in [0.05, 0.1) is 5.69 Å². The molecule has 1 aromatic heterocycles. The Morgan fingerprint density at radius 3 is 2.67 bits per heavy atom. The second kappa shape index (κ2) is 4.91. The van der Waals surface area contributed by atoms with E-state index in [4.69, 9.17) is 12.2 Å². The van der Waals surface area contributed by atoms with E-state index in [9.17, 15) is 8.78 Å². The van der Waals surface area contributed by atoms with Gasteiger partial charge in [0.2, 0.25) is 0 Å². The molecule has 0 saturated carbocycles. The van der Waals surface area contributed by atoms with E-state index in [1.165, 1.54) is 0 Å². The van der Waals surface area contributed by atoms with Crippen LogP contribution in [-0.4, -0.2) is 28.9 Å². The molecule has 1 aromatic rings. The fourth-order valence-electron chi connectivity index (χ4n) is 2.03. The van der Waals surface area contributed by atoms with Crippen molar-refractivity contribution in [2.75, 3.05) is 18.8 Å². The second-order valence-corrected chi connectivity index (χ2v) is 4.55. The molecule has 0 bridgehead atoms. The number of nitrogen functional groups attached to an aromatic ring is 1. The van der Waals surface area contributed by atoms with Crippen LogP contribution in [0.15, 0.2) is 12.1 Å². The Morgan fingerprint density at radius 1 is 1.39 bits per heavy atom. The third kappa shape index (κ3) is 3.17. The van der Waals surface area contributed by atoms with Crippen molar-refractivity contribution in [3.63, 3.8) is 0 Å². The molecule has 1 saturated heterocycles. The quantitative estimate of drug-likeness (QED) is 0.816. The Labute approximate surface area is 105 Å². The van der Waals surface area contributed by atoms with E-state index in [2.05, 4.69) is 10.9 Å². The van der Waals surface area contributed by atoms with Crippen LogP contribution >= 0.6 is 0 Å². The van der Waals surface area contributed by atoms with Gasteiger partial charge in [0, 0.05) is 38.2 Å². The third-order valence-corrected chi connectivity index (χ3v) is 3.02. The normalized spacial score (nSPS) is 19.4. The molecule has 0 aromatic carbocycles. The Bertz CT molecular complexity index is 470.